The molecule has 0 aliphatic carbocycles. The smallest absolute Gasteiger partial charge is 0.327 e. The van der Waals surface area contributed by atoms with E-state index < -0.39 is 5.97 Å². The highest BCUT2D eigenvalue weighted by atomic mass is 16.5. The maximum absolute atomic E-state index is 10.3. The quantitative estimate of drug-likeness (QED) is 0.811. The van der Waals surface area contributed by atoms with Gasteiger partial charge in [0.2, 0.25) is 0 Å². The third-order valence-electron chi connectivity index (χ3n) is 2.83. The van der Waals surface area contributed by atoms with Crippen LogP contribution in [0.3, 0.4) is 0 Å². The minimum atomic E-state index is -0.885. The van der Waals surface area contributed by atoms with Crippen molar-refractivity contribution < 1.29 is 14.6 Å². The first-order chi connectivity index (χ1) is 8.25. The van der Waals surface area contributed by atoms with Gasteiger partial charge in [0, 0.05) is 6.08 Å². The van der Waals surface area contributed by atoms with Gasteiger partial charge in [-0.25, -0.2) is 4.79 Å². The summed E-state index contributed by atoms with van der Waals surface area (Å²) in [6.45, 7) is 0.813. The Morgan fingerprint density at radius 3 is 3.18 bits per heavy atom. The minimum Gasteiger partial charge on any atom is -0.493 e. The van der Waals surface area contributed by atoms with Gasteiger partial charge in [-0.3, -0.25) is 0 Å². The first-order valence-corrected chi connectivity index (χ1v) is 5.90. The number of benzene rings is 1. The van der Waals surface area contributed by atoms with Crippen LogP contribution < -0.4 is 4.74 Å². The highest BCUT2D eigenvalue weighted by Gasteiger charge is 2.09. The molecule has 3 heteroatoms. The van der Waals surface area contributed by atoms with Gasteiger partial charge in [-0.2, -0.15) is 0 Å². The summed E-state index contributed by atoms with van der Waals surface area (Å²) < 4.78 is 5.54. The van der Waals surface area contributed by atoms with Crippen molar-refractivity contribution in [2.45, 2.75) is 25.7 Å². The molecular weight excluding hydrogens is 216 g/mol. The summed E-state index contributed by atoms with van der Waals surface area (Å²) in [5, 5.41) is 8.47. The minimum absolute atomic E-state index is 0.756. The van der Waals surface area contributed by atoms with Crippen molar-refractivity contribution >= 4 is 5.97 Å². The molecule has 1 aromatic rings. The van der Waals surface area contributed by atoms with Crippen LogP contribution in [0.2, 0.25) is 0 Å². The fourth-order valence-electron chi connectivity index (χ4n) is 2.00. The summed E-state index contributed by atoms with van der Waals surface area (Å²) in [5.41, 5.74) is 2.51. The molecule has 0 bridgehead atoms. The lowest BCUT2D eigenvalue weighted by molar-refractivity contribution is -0.131. The van der Waals surface area contributed by atoms with E-state index in [-0.39, 0.29) is 0 Å². The summed E-state index contributed by atoms with van der Waals surface area (Å²) in [5.74, 6) is 0.116. The van der Waals surface area contributed by atoms with E-state index >= 15 is 0 Å². The molecule has 0 spiro atoms. The second-order valence-electron chi connectivity index (χ2n) is 4.17. The van der Waals surface area contributed by atoms with Gasteiger partial charge in [0.15, 0.2) is 0 Å². The Balaban J connectivity index is 1.95. The van der Waals surface area contributed by atoms with Crippen LogP contribution in [0.4, 0.5) is 0 Å². The normalized spacial score (nSPS) is 14.4. The van der Waals surface area contributed by atoms with Crippen molar-refractivity contribution in [3.05, 3.63) is 41.5 Å². The number of aliphatic carboxylic acids is 1. The van der Waals surface area contributed by atoms with Gasteiger partial charge in [0.1, 0.15) is 5.75 Å². The summed E-state index contributed by atoms with van der Waals surface area (Å²) >= 11 is 0. The van der Waals surface area contributed by atoms with E-state index in [4.69, 9.17) is 9.84 Å². The van der Waals surface area contributed by atoms with Crippen molar-refractivity contribution in [1.82, 2.24) is 0 Å². The van der Waals surface area contributed by atoms with Crippen LogP contribution in [0.5, 0.6) is 5.75 Å². The predicted molar refractivity (Wildman–Crippen MR) is 65.4 cm³/mol. The van der Waals surface area contributed by atoms with Crippen molar-refractivity contribution in [2.75, 3.05) is 6.61 Å². The molecule has 1 aliphatic rings. The predicted octanol–water partition coefficient (Wildman–Crippen LogP) is 2.59. The molecule has 1 aromatic carbocycles. The maximum atomic E-state index is 10.3. The Labute approximate surface area is 101 Å². The molecule has 0 saturated carbocycles. The third-order valence-corrected chi connectivity index (χ3v) is 2.83. The molecular formula is C14H16O3. The van der Waals surface area contributed by atoms with Crippen molar-refractivity contribution in [3.8, 4) is 5.75 Å². The molecule has 0 atom stereocenters. The number of carboxylic acid groups (broad SMARTS) is 1. The highest BCUT2D eigenvalue weighted by Crippen LogP contribution is 2.25. The van der Waals surface area contributed by atoms with E-state index in [1.165, 1.54) is 17.2 Å². The Morgan fingerprint density at radius 2 is 2.35 bits per heavy atom. The van der Waals surface area contributed by atoms with Gasteiger partial charge in [-0.1, -0.05) is 18.2 Å². The molecule has 0 saturated heterocycles. The van der Waals surface area contributed by atoms with Crippen LogP contribution in [0, 0.1) is 0 Å². The molecule has 0 unspecified atom stereocenters. The average Bonchev–Trinajstić information content (AvgIpc) is 2.34. The maximum Gasteiger partial charge on any atom is 0.327 e. The number of allylic oxidation sites excluding steroid dienone is 1. The summed E-state index contributed by atoms with van der Waals surface area (Å²) in [6.07, 6.45) is 6.67. The van der Waals surface area contributed by atoms with E-state index in [2.05, 4.69) is 12.1 Å². The second kappa shape index (κ2) is 5.53. The lowest BCUT2D eigenvalue weighted by Gasteiger charge is -2.17. The zero-order valence-corrected chi connectivity index (χ0v) is 9.69. The summed E-state index contributed by atoms with van der Waals surface area (Å²) in [7, 11) is 0. The number of aryl methyl sites for hydroxylation is 2. The van der Waals surface area contributed by atoms with Crippen LogP contribution in [0.1, 0.15) is 24.0 Å². The van der Waals surface area contributed by atoms with Crippen LogP contribution in [0.15, 0.2) is 30.4 Å². The lowest BCUT2D eigenvalue weighted by Crippen LogP contribution is -2.08. The molecule has 1 heterocycles. The zero-order chi connectivity index (χ0) is 12.1. The zero-order valence-electron chi connectivity index (χ0n) is 9.69. The van der Waals surface area contributed by atoms with Crippen molar-refractivity contribution in [3.63, 3.8) is 0 Å². The number of hydrogen-bond donors (Lipinski definition) is 1. The largest absolute Gasteiger partial charge is 0.493 e. The van der Waals surface area contributed by atoms with Gasteiger partial charge in [0.05, 0.1) is 6.61 Å². The van der Waals surface area contributed by atoms with Crippen LogP contribution in [0.25, 0.3) is 0 Å². The lowest BCUT2D eigenvalue weighted by atomic mass is 10.0. The highest BCUT2D eigenvalue weighted by molar-refractivity contribution is 5.79. The van der Waals surface area contributed by atoms with Crippen LogP contribution in [-0.4, -0.2) is 17.7 Å². The van der Waals surface area contributed by atoms with Gasteiger partial charge < -0.3 is 9.84 Å². The van der Waals surface area contributed by atoms with Crippen molar-refractivity contribution in [2.24, 2.45) is 0 Å². The van der Waals surface area contributed by atoms with Gasteiger partial charge >= 0.3 is 5.97 Å². The van der Waals surface area contributed by atoms with Gasteiger partial charge in [-0.15, -0.1) is 0 Å². The molecule has 3 nitrogen and oxygen atoms in total. The molecule has 0 aromatic heterocycles. The first-order valence-electron chi connectivity index (χ1n) is 5.90. The van der Waals surface area contributed by atoms with E-state index in [1.54, 1.807) is 6.08 Å². The molecule has 0 amide bonds. The Morgan fingerprint density at radius 1 is 1.47 bits per heavy atom. The number of rotatable bonds is 4. The van der Waals surface area contributed by atoms with E-state index in [9.17, 15) is 4.79 Å². The monoisotopic (exact) mass is 232 g/mol. The van der Waals surface area contributed by atoms with E-state index in [0.29, 0.717) is 0 Å². The third kappa shape index (κ3) is 3.34. The number of carbonyl (C=O) groups is 1. The van der Waals surface area contributed by atoms with E-state index in [0.717, 1.165) is 38.0 Å². The summed E-state index contributed by atoms with van der Waals surface area (Å²) in [6, 6.07) is 6.24. The van der Waals surface area contributed by atoms with Crippen LogP contribution in [-0.2, 0) is 17.6 Å². The van der Waals surface area contributed by atoms with Crippen molar-refractivity contribution in [1.29, 1.82) is 0 Å². The fraction of sp³-hybridized carbons (Fsp3) is 0.357. The second-order valence-corrected chi connectivity index (χ2v) is 4.17. The molecule has 17 heavy (non-hydrogen) atoms. The Kier molecular flexibility index (Phi) is 3.81. The van der Waals surface area contributed by atoms with Gasteiger partial charge in [0.25, 0.3) is 0 Å². The molecule has 90 valence electrons. The Bertz CT molecular complexity index is 435. The van der Waals surface area contributed by atoms with Gasteiger partial charge in [-0.05, 0) is 42.9 Å². The number of ether oxygens (including phenoxy) is 1. The molecule has 0 fully saturated rings. The number of fused-ring (bicyclic) bond motifs is 1. The molecule has 0 radical (unpaired) electrons. The summed E-state index contributed by atoms with van der Waals surface area (Å²) in [4.78, 5) is 10.3. The number of hydrogen-bond acceptors (Lipinski definition) is 2. The topological polar surface area (TPSA) is 46.5 Å². The molecule has 1 N–H and O–H groups in total. The number of carboxylic acids is 1. The fourth-order valence-corrected chi connectivity index (χ4v) is 2.00. The van der Waals surface area contributed by atoms with Crippen LogP contribution >= 0.6 is 0 Å². The van der Waals surface area contributed by atoms with E-state index in [1.807, 2.05) is 6.07 Å². The standard InChI is InChI=1S/C14H16O3/c15-14(16)6-2-1-4-11-7-8-13-12(10-11)5-3-9-17-13/h2,6-8,10H,1,3-5,9H2,(H,15,16)/b6-2+. The first kappa shape index (κ1) is 11.7. The molecule has 1 aliphatic heterocycles. The molecule has 2 rings (SSSR count). The SMILES string of the molecule is O=C(O)/C=C/CCc1ccc2c(c1)CCCO2. The Hall–Kier alpha value is -1.77. The average molecular weight is 232 g/mol.